The maximum atomic E-state index is 9.90. The molecule has 0 saturated heterocycles. The van der Waals surface area contributed by atoms with Gasteiger partial charge in [0.1, 0.15) is 6.29 Å². The Hall–Kier alpha value is -0.890. The van der Waals surface area contributed by atoms with E-state index in [9.17, 15) is 4.79 Å². The van der Waals surface area contributed by atoms with E-state index in [-0.39, 0.29) is 0 Å². The van der Waals surface area contributed by atoms with Gasteiger partial charge in [0, 0.05) is 0 Å². The van der Waals surface area contributed by atoms with Crippen molar-refractivity contribution in [3.63, 3.8) is 0 Å². The van der Waals surface area contributed by atoms with Gasteiger partial charge in [0.15, 0.2) is 0 Å². The van der Waals surface area contributed by atoms with Crippen molar-refractivity contribution < 1.29 is 9.90 Å². The Kier molecular flexibility index (Phi) is 4.50. The van der Waals surface area contributed by atoms with Gasteiger partial charge in [-0.25, -0.2) is 0 Å². The van der Waals surface area contributed by atoms with Gasteiger partial charge in [-0.05, 0) is 19.4 Å². The van der Waals surface area contributed by atoms with Crippen LogP contribution in [0.15, 0.2) is 24.3 Å². The first-order chi connectivity index (χ1) is 4.70. The highest BCUT2D eigenvalue weighted by molar-refractivity contribution is 5.65. The van der Waals surface area contributed by atoms with Crippen LogP contribution < -0.4 is 0 Å². The Bertz CT molecular complexity index is 147. The van der Waals surface area contributed by atoms with Gasteiger partial charge in [-0.1, -0.05) is 11.6 Å². The van der Waals surface area contributed by atoms with Crippen LogP contribution in [-0.2, 0) is 4.79 Å². The SMILES string of the molecule is C=CC(O)C/C(C)=C\C=O. The maximum absolute atomic E-state index is 9.90. The third-order valence-corrected chi connectivity index (χ3v) is 1.16. The molecule has 1 unspecified atom stereocenters. The first-order valence-electron chi connectivity index (χ1n) is 3.12. The number of aldehydes is 1. The summed E-state index contributed by atoms with van der Waals surface area (Å²) in [4.78, 5) is 9.90. The van der Waals surface area contributed by atoms with Crippen LogP contribution in [0.4, 0.5) is 0 Å². The summed E-state index contributed by atoms with van der Waals surface area (Å²) >= 11 is 0. The van der Waals surface area contributed by atoms with Crippen LogP contribution in [0.1, 0.15) is 13.3 Å². The van der Waals surface area contributed by atoms with Crippen molar-refractivity contribution >= 4 is 6.29 Å². The molecule has 0 aliphatic rings. The summed E-state index contributed by atoms with van der Waals surface area (Å²) in [6.45, 7) is 5.20. The number of aliphatic hydroxyl groups is 1. The minimum absolute atomic E-state index is 0.488. The largest absolute Gasteiger partial charge is 0.389 e. The van der Waals surface area contributed by atoms with E-state index in [2.05, 4.69) is 6.58 Å². The minimum Gasteiger partial charge on any atom is -0.389 e. The molecule has 0 saturated carbocycles. The molecule has 0 aliphatic carbocycles. The maximum Gasteiger partial charge on any atom is 0.142 e. The van der Waals surface area contributed by atoms with Gasteiger partial charge in [-0.15, -0.1) is 6.58 Å². The molecule has 10 heavy (non-hydrogen) atoms. The predicted molar refractivity (Wildman–Crippen MR) is 40.6 cm³/mol. The second-order valence-electron chi connectivity index (χ2n) is 2.16. The van der Waals surface area contributed by atoms with Crippen LogP contribution in [0.3, 0.4) is 0 Å². The van der Waals surface area contributed by atoms with E-state index >= 15 is 0 Å². The van der Waals surface area contributed by atoms with Crippen molar-refractivity contribution in [2.45, 2.75) is 19.4 Å². The van der Waals surface area contributed by atoms with E-state index in [0.29, 0.717) is 12.7 Å². The molecule has 0 radical (unpaired) electrons. The van der Waals surface area contributed by atoms with E-state index in [1.54, 1.807) is 6.92 Å². The van der Waals surface area contributed by atoms with E-state index in [4.69, 9.17) is 5.11 Å². The molecule has 0 rings (SSSR count). The summed E-state index contributed by atoms with van der Waals surface area (Å²) in [6.07, 6.45) is 3.55. The van der Waals surface area contributed by atoms with E-state index < -0.39 is 6.10 Å². The van der Waals surface area contributed by atoms with Gasteiger partial charge >= 0.3 is 0 Å². The molecule has 1 atom stereocenters. The average Bonchev–Trinajstić information content (AvgIpc) is 1.88. The molecular weight excluding hydrogens is 128 g/mol. The molecule has 2 heteroatoms. The molecule has 2 nitrogen and oxygen atoms in total. The van der Waals surface area contributed by atoms with Gasteiger partial charge in [0.2, 0.25) is 0 Å². The summed E-state index contributed by atoms with van der Waals surface area (Å²) in [7, 11) is 0. The smallest absolute Gasteiger partial charge is 0.142 e. The molecule has 0 heterocycles. The van der Waals surface area contributed by atoms with Gasteiger partial charge < -0.3 is 5.11 Å². The summed E-state index contributed by atoms with van der Waals surface area (Å²) in [5, 5.41) is 8.98. The molecule has 0 aromatic carbocycles. The van der Waals surface area contributed by atoms with Gasteiger partial charge in [0.05, 0.1) is 6.10 Å². The van der Waals surface area contributed by atoms with E-state index in [0.717, 1.165) is 5.57 Å². The Morgan fingerprint density at radius 3 is 2.80 bits per heavy atom. The number of carbonyl (C=O) groups is 1. The molecule has 0 amide bonds. The first-order valence-corrected chi connectivity index (χ1v) is 3.12. The molecule has 56 valence electrons. The molecule has 1 N–H and O–H groups in total. The number of aliphatic hydroxyl groups excluding tert-OH is 1. The van der Waals surface area contributed by atoms with Crippen LogP contribution >= 0.6 is 0 Å². The van der Waals surface area contributed by atoms with Crippen LogP contribution in [-0.4, -0.2) is 17.5 Å². The van der Waals surface area contributed by atoms with Crippen molar-refractivity contribution in [1.82, 2.24) is 0 Å². The molecular formula is C8H12O2. The standard InChI is InChI=1S/C8H12O2/c1-3-8(10)6-7(2)4-5-9/h3-5,8,10H,1,6H2,2H3/b7-4-. The lowest BCUT2D eigenvalue weighted by Gasteiger charge is -2.02. The normalized spacial score (nSPS) is 14.4. The van der Waals surface area contributed by atoms with Crippen molar-refractivity contribution in [3.05, 3.63) is 24.3 Å². The van der Waals surface area contributed by atoms with Gasteiger partial charge in [0.25, 0.3) is 0 Å². The molecule has 0 fully saturated rings. The summed E-state index contributed by atoms with van der Waals surface area (Å²) < 4.78 is 0. The topological polar surface area (TPSA) is 37.3 Å². The zero-order chi connectivity index (χ0) is 7.98. The monoisotopic (exact) mass is 140 g/mol. The lowest BCUT2D eigenvalue weighted by molar-refractivity contribution is -0.104. The van der Waals surface area contributed by atoms with E-state index in [1.807, 2.05) is 0 Å². The van der Waals surface area contributed by atoms with Crippen molar-refractivity contribution in [3.8, 4) is 0 Å². The van der Waals surface area contributed by atoms with Crippen molar-refractivity contribution in [2.24, 2.45) is 0 Å². The first kappa shape index (κ1) is 9.11. The fourth-order valence-electron chi connectivity index (χ4n) is 0.597. The third-order valence-electron chi connectivity index (χ3n) is 1.16. The highest BCUT2D eigenvalue weighted by Gasteiger charge is 1.97. The highest BCUT2D eigenvalue weighted by Crippen LogP contribution is 2.03. The minimum atomic E-state index is -0.531. The van der Waals surface area contributed by atoms with E-state index in [1.165, 1.54) is 12.2 Å². The second kappa shape index (κ2) is 4.94. The molecule has 0 bridgehead atoms. The molecule has 0 aliphatic heterocycles. The van der Waals surface area contributed by atoms with Crippen LogP contribution in [0.25, 0.3) is 0 Å². The van der Waals surface area contributed by atoms with Crippen molar-refractivity contribution in [1.29, 1.82) is 0 Å². The van der Waals surface area contributed by atoms with Crippen molar-refractivity contribution in [2.75, 3.05) is 0 Å². The molecule has 0 aromatic heterocycles. The zero-order valence-corrected chi connectivity index (χ0v) is 6.08. The molecule has 0 spiro atoms. The zero-order valence-electron chi connectivity index (χ0n) is 6.08. The highest BCUT2D eigenvalue weighted by atomic mass is 16.3. The molecule has 0 aromatic rings. The number of hydrogen-bond donors (Lipinski definition) is 1. The Morgan fingerprint density at radius 1 is 1.80 bits per heavy atom. The lowest BCUT2D eigenvalue weighted by atomic mass is 10.1. The predicted octanol–water partition coefficient (Wildman–Crippen LogP) is 1.07. The fraction of sp³-hybridized carbons (Fsp3) is 0.375. The van der Waals surface area contributed by atoms with Crippen LogP contribution in [0.2, 0.25) is 0 Å². The Labute approximate surface area is 60.9 Å². The third kappa shape index (κ3) is 4.04. The lowest BCUT2D eigenvalue weighted by Crippen LogP contribution is -2.01. The number of hydrogen-bond acceptors (Lipinski definition) is 2. The van der Waals surface area contributed by atoms with Crippen LogP contribution in [0.5, 0.6) is 0 Å². The summed E-state index contributed by atoms with van der Waals surface area (Å²) in [5.74, 6) is 0. The van der Waals surface area contributed by atoms with Gasteiger partial charge in [-0.2, -0.15) is 0 Å². The van der Waals surface area contributed by atoms with Crippen LogP contribution in [0, 0.1) is 0 Å². The number of rotatable bonds is 4. The fourth-order valence-corrected chi connectivity index (χ4v) is 0.597. The Balaban J connectivity index is 3.77. The Morgan fingerprint density at radius 2 is 2.40 bits per heavy atom. The summed E-state index contributed by atoms with van der Waals surface area (Å²) in [5.41, 5.74) is 0.863. The second-order valence-corrected chi connectivity index (χ2v) is 2.16. The van der Waals surface area contributed by atoms with Gasteiger partial charge in [-0.3, -0.25) is 4.79 Å². The quantitative estimate of drug-likeness (QED) is 0.360. The number of carbonyl (C=O) groups excluding carboxylic acids is 1. The average molecular weight is 140 g/mol. The summed E-state index contributed by atoms with van der Waals surface area (Å²) in [6, 6.07) is 0. The number of allylic oxidation sites excluding steroid dienone is 1.